The van der Waals surface area contributed by atoms with Crippen LogP contribution in [0.15, 0.2) is 224 Å². The smallest absolute Gasteiger partial charge is 0.0726 e. The van der Waals surface area contributed by atoms with Crippen molar-refractivity contribution in [1.82, 2.24) is 0 Å². The Hall–Kier alpha value is -7.78. The van der Waals surface area contributed by atoms with Crippen molar-refractivity contribution in [3.05, 3.63) is 247 Å². The highest BCUT2D eigenvalue weighted by atomic mass is 32.1. The summed E-state index contributed by atoms with van der Waals surface area (Å²) in [6.07, 6.45) is 0. The van der Waals surface area contributed by atoms with Gasteiger partial charge in [-0.3, -0.25) is 0 Å². The van der Waals surface area contributed by atoms with Gasteiger partial charge in [-0.05, 0) is 119 Å². The summed E-state index contributed by atoms with van der Waals surface area (Å²) in [5, 5.41) is 10.2. The van der Waals surface area contributed by atoms with E-state index in [1.54, 1.807) is 0 Å². The van der Waals surface area contributed by atoms with Crippen LogP contribution in [0.4, 0.5) is 17.1 Å². The maximum absolute atomic E-state index is 2.54. The Bertz CT molecular complexity index is 3780. The molecule has 0 aliphatic heterocycles. The van der Waals surface area contributed by atoms with E-state index in [-0.39, 0.29) is 0 Å². The molecule has 2 heteroatoms. The molecule has 0 unspecified atom stereocenters. The Morgan fingerprint density at radius 1 is 0.317 bits per heavy atom. The van der Waals surface area contributed by atoms with E-state index >= 15 is 0 Å². The molecule has 0 radical (unpaired) electrons. The zero-order valence-electron chi connectivity index (χ0n) is 34.2. The second-order valence-corrected chi connectivity index (χ2v) is 18.1. The van der Waals surface area contributed by atoms with Crippen molar-refractivity contribution in [3.8, 4) is 33.4 Å². The van der Waals surface area contributed by atoms with Crippen molar-refractivity contribution in [2.45, 2.75) is 5.41 Å². The molecule has 1 spiro atoms. The zero-order chi connectivity index (χ0) is 41.2. The van der Waals surface area contributed by atoms with Crippen LogP contribution in [0.2, 0.25) is 0 Å². The predicted molar refractivity (Wildman–Crippen MR) is 268 cm³/mol. The minimum absolute atomic E-state index is 0.457. The molecule has 1 heterocycles. The van der Waals surface area contributed by atoms with Gasteiger partial charge in [0.1, 0.15) is 0 Å². The number of benzene rings is 11. The first-order chi connectivity index (χ1) is 31.3. The summed E-state index contributed by atoms with van der Waals surface area (Å²) in [5.41, 5.74) is 16.0. The Labute approximate surface area is 369 Å². The van der Waals surface area contributed by atoms with Gasteiger partial charge in [-0.2, -0.15) is 0 Å². The van der Waals surface area contributed by atoms with Crippen LogP contribution in [0.3, 0.4) is 0 Å². The van der Waals surface area contributed by atoms with Crippen molar-refractivity contribution in [2.75, 3.05) is 4.90 Å². The van der Waals surface area contributed by atoms with E-state index in [9.17, 15) is 0 Å². The van der Waals surface area contributed by atoms with Gasteiger partial charge in [0.05, 0.1) is 11.1 Å². The fraction of sp³-hybridized carbons (Fsp3) is 0.0164. The first kappa shape index (κ1) is 34.9. The number of hydrogen-bond donors (Lipinski definition) is 0. The number of rotatable bonds is 4. The van der Waals surface area contributed by atoms with Crippen molar-refractivity contribution in [2.24, 2.45) is 0 Å². The van der Waals surface area contributed by atoms with E-state index in [1.807, 2.05) is 11.3 Å². The molecular weight excluding hydrogens is 779 g/mol. The second kappa shape index (κ2) is 13.1. The molecule has 63 heavy (non-hydrogen) atoms. The molecule has 0 saturated heterocycles. The van der Waals surface area contributed by atoms with Gasteiger partial charge in [0.25, 0.3) is 0 Å². The van der Waals surface area contributed by atoms with Gasteiger partial charge in [-0.25, -0.2) is 0 Å². The minimum Gasteiger partial charge on any atom is -0.310 e. The van der Waals surface area contributed by atoms with E-state index in [0.29, 0.717) is 0 Å². The number of anilines is 3. The van der Waals surface area contributed by atoms with E-state index in [2.05, 4.69) is 229 Å². The quantitative estimate of drug-likeness (QED) is 0.160. The Morgan fingerprint density at radius 3 is 1.48 bits per heavy atom. The van der Waals surface area contributed by atoms with Crippen LogP contribution in [-0.4, -0.2) is 0 Å². The van der Waals surface area contributed by atoms with Gasteiger partial charge in [0.15, 0.2) is 0 Å². The van der Waals surface area contributed by atoms with Crippen molar-refractivity contribution in [3.63, 3.8) is 0 Å². The van der Waals surface area contributed by atoms with Crippen LogP contribution < -0.4 is 4.90 Å². The molecule has 2 aliphatic carbocycles. The van der Waals surface area contributed by atoms with Crippen LogP contribution in [0, 0.1) is 0 Å². The van der Waals surface area contributed by atoms with Gasteiger partial charge in [-0.15, -0.1) is 11.3 Å². The number of fused-ring (bicyclic) bond motifs is 19. The highest BCUT2D eigenvalue weighted by Gasteiger charge is 2.51. The van der Waals surface area contributed by atoms with Gasteiger partial charge in [0.2, 0.25) is 0 Å². The molecule has 0 atom stereocenters. The molecule has 11 aromatic carbocycles. The fourth-order valence-electron chi connectivity index (χ4n) is 11.6. The molecule has 14 rings (SSSR count). The third-order valence-electron chi connectivity index (χ3n) is 14.0. The Balaban J connectivity index is 1.08. The largest absolute Gasteiger partial charge is 0.310 e. The fourth-order valence-corrected chi connectivity index (χ4v) is 12.8. The third kappa shape index (κ3) is 4.71. The van der Waals surface area contributed by atoms with Crippen LogP contribution in [-0.2, 0) is 5.41 Å². The maximum atomic E-state index is 2.54. The summed E-state index contributed by atoms with van der Waals surface area (Å²) in [5.74, 6) is 0. The first-order valence-corrected chi connectivity index (χ1v) is 22.7. The van der Waals surface area contributed by atoms with E-state index in [4.69, 9.17) is 0 Å². The molecule has 1 aromatic heterocycles. The summed E-state index contributed by atoms with van der Waals surface area (Å²) in [6.45, 7) is 0. The SMILES string of the molecule is c1cc(-c2cccc3c2sc2ccccc23)cc(N(c2ccc3c(c2)C2(c4ccccc4-c4ccccc42)c2ccccc2-3)c2cccc3c4ccccc4c4ccccc4c23)c1. The second-order valence-electron chi connectivity index (χ2n) is 17.1. The molecule has 0 N–H and O–H groups in total. The lowest BCUT2D eigenvalue weighted by molar-refractivity contribution is 0.793. The standard InChI is InChI=1S/C61H37NS/c1-2-19-44-42(18-1)43-20-3-4-25-50(43)59-51(44)27-15-32-57(59)62(39-17-13-16-38(36-39)41-26-14-28-52-49-24-8-12-33-58(49)63-60(41)52)40-34-35-48-47-23-7-11-31-55(47)61(56(48)37-40)53-29-9-5-21-45(53)46-22-6-10-30-54(46)61/h1-37H. The molecule has 0 fully saturated rings. The summed E-state index contributed by atoms with van der Waals surface area (Å²) in [6, 6.07) is 84.2. The van der Waals surface area contributed by atoms with Crippen molar-refractivity contribution in [1.29, 1.82) is 0 Å². The molecule has 2 aliphatic rings. The number of hydrogen-bond acceptors (Lipinski definition) is 2. The molecule has 0 bridgehead atoms. The summed E-state index contributed by atoms with van der Waals surface area (Å²) < 4.78 is 2.64. The minimum atomic E-state index is -0.457. The topological polar surface area (TPSA) is 3.24 Å². The monoisotopic (exact) mass is 815 g/mol. The molecular formula is C61H37NS. The molecule has 0 saturated carbocycles. The molecule has 0 amide bonds. The zero-order valence-corrected chi connectivity index (χ0v) is 35.0. The Morgan fingerprint density at radius 2 is 0.794 bits per heavy atom. The van der Waals surface area contributed by atoms with Gasteiger partial charge in [0, 0.05) is 36.9 Å². The van der Waals surface area contributed by atoms with Crippen LogP contribution in [0.25, 0.3) is 85.9 Å². The summed E-state index contributed by atoms with van der Waals surface area (Å²) in [7, 11) is 0. The molecule has 12 aromatic rings. The van der Waals surface area contributed by atoms with Gasteiger partial charge in [-0.1, -0.05) is 188 Å². The van der Waals surface area contributed by atoms with Gasteiger partial charge >= 0.3 is 0 Å². The summed E-state index contributed by atoms with van der Waals surface area (Å²) in [4.78, 5) is 2.54. The van der Waals surface area contributed by atoms with Crippen LogP contribution in [0.5, 0.6) is 0 Å². The van der Waals surface area contributed by atoms with E-state index in [1.165, 1.54) is 108 Å². The lowest BCUT2D eigenvalue weighted by Crippen LogP contribution is -2.26. The molecule has 292 valence electrons. The lowest BCUT2D eigenvalue weighted by atomic mass is 9.70. The average molecular weight is 816 g/mol. The number of nitrogens with zero attached hydrogens (tertiary/aromatic N) is 1. The van der Waals surface area contributed by atoms with Crippen LogP contribution in [0.1, 0.15) is 22.3 Å². The lowest BCUT2D eigenvalue weighted by Gasteiger charge is -2.32. The predicted octanol–water partition coefficient (Wildman–Crippen LogP) is 17.0. The first-order valence-electron chi connectivity index (χ1n) is 21.8. The maximum Gasteiger partial charge on any atom is 0.0726 e. The summed E-state index contributed by atoms with van der Waals surface area (Å²) >= 11 is 1.89. The van der Waals surface area contributed by atoms with Crippen molar-refractivity contribution < 1.29 is 0 Å². The van der Waals surface area contributed by atoms with E-state index in [0.717, 1.165) is 17.1 Å². The van der Waals surface area contributed by atoms with E-state index < -0.39 is 5.41 Å². The Kier molecular flexibility index (Phi) is 7.26. The average Bonchev–Trinajstić information content (AvgIpc) is 3.98. The van der Waals surface area contributed by atoms with Gasteiger partial charge < -0.3 is 4.90 Å². The number of thiophene rings is 1. The van der Waals surface area contributed by atoms with Crippen molar-refractivity contribution >= 4 is 80.9 Å². The molecule has 1 nitrogen and oxygen atoms in total. The normalized spacial score (nSPS) is 13.2. The third-order valence-corrected chi connectivity index (χ3v) is 15.3. The highest BCUT2D eigenvalue weighted by molar-refractivity contribution is 7.26. The highest BCUT2D eigenvalue weighted by Crippen LogP contribution is 2.63. The van der Waals surface area contributed by atoms with Crippen LogP contribution >= 0.6 is 11.3 Å².